The lowest BCUT2D eigenvalue weighted by molar-refractivity contribution is -0.368. The molecule has 0 saturated carbocycles. The molecule has 0 fully saturated rings. The molecule has 0 saturated heterocycles. The summed E-state index contributed by atoms with van der Waals surface area (Å²) < 4.78 is 30.7. The molecule has 1 rings (SSSR count). The van der Waals surface area contributed by atoms with E-state index < -0.39 is 15.9 Å². The Morgan fingerprint density at radius 3 is 1.67 bits per heavy atom. The Morgan fingerprint density at radius 2 is 1.26 bits per heavy atom. The van der Waals surface area contributed by atoms with Gasteiger partial charge in [-0.3, -0.25) is 0 Å². The smallest absolute Gasteiger partial charge is 0.0988 e. The molecule has 1 aromatic rings. The zero-order chi connectivity index (χ0) is 20.6. The van der Waals surface area contributed by atoms with Gasteiger partial charge in [-0.25, -0.2) is 8.42 Å². The van der Waals surface area contributed by atoms with Crippen molar-refractivity contribution in [2.45, 2.75) is 90.7 Å². The first kappa shape index (κ1) is 26.1. The van der Waals surface area contributed by atoms with Gasteiger partial charge >= 0.3 is 0 Å². The summed E-state index contributed by atoms with van der Waals surface area (Å²) in [5, 5.41) is 0. The Labute approximate surface area is 167 Å². The molecule has 158 valence electrons. The second-order valence-corrected chi connectivity index (χ2v) is 9.94. The lowest BCUT2D eigenvalue weighted by atomic mass is 9.89. The molecular weight excluding hydrogens is 358 g/mol. The molecule has 5 heteroatoms. The molecule has 0 aliphatic rings. The van der Waals surface area contributed by atoms with Crippen LogP contribution < -0.4 is 5.73 Å². The molecule has 0 aliphatic heterocycles. The average molecular weight is 400 g/mol. The zero-order valence-electron chi connectivity index (χ0n) is 17.7. The molecule has 0 unspecified atom stereocenters. The van der Waals surface area contributed by atoms with Crippen LogP contribution in [0.15, 0.2) is 30.3 Å². The standard InChI is InChI=1S/C15H33N.C7H8O3S/c1-15(2,3)13-11-9-7-5-4-6-8-10-12-14-16;8-11(9,10)6-7-4-2-1-3-5-7/h4-14,16H2,1-3H3;1-5H,6H2,(H,8,9,10). The van der Waals surface area contributed by atoms with Crippen LogP contribution in [0.3, 0.4) is 0 Å². The van der Waals surface area contributed by atoms with E-state index in [4.69, 9.17) is 0 Å². The maximum absolute atomic E-state index is 10.2. The van der Waals surface area contributed by atoms with E-state index in [1.807, 2.05) is 0 Å². The number of benzene rings is 1. The van der Waals surface area contributed by atoms with Crippen molar-refractivity contribution < 1.29 is 18.7 Å². The van der Waals surface area contributed by atoms with E-state index in [0.29, 0.717) is 11.0 Å². The summed E-state index contributed by atoms with van der Waals surface area (Å²) in [7, 11) is -4.13. The fourth-order valence-corrected chi connectivity index (χ4v) is 3.45. The van der Waals surface area contributed by atoms with Crippen LogP contribution in [0.1, 0.15) is 90.5 Å². The van der Waals surface area contributed by atoms with Gasteiger partial charge in [0.05, 0.1) is 22.4 Å². The molecule has 0 heterocycles. The average Bonchev–Trinajstić information content (AvgIpc) is 2.56. The summed E-state index contributed by atoms with van der Waals surface area (Å²) in [6.07, 6.45) is 14.2. The lowest BCUT2D eigenvalue weighted by Gasteiger charge is -2.17. The predicted octanol–water partition coefficient (Wildman–Crippen LogP) is 4.91. The molecular formula is C22H41NO3S. The van der Waals surface area contributed by atoms with Gasteiger partial charge < -0.3 is 10.3 Å². The van der Waals surface area contributed by atoms with Crippen LogP contribution in [-0.4, -0.2) is 19.5 Å². The molecule has 0 spiro atoms. The normalized spacial score (nSPS) is 11.7. The zero-order valence-corrected chi connectivity index (χ0v) is 18.5. The highest BCUT2D eigenvalue weighted by Gasteiger charge is 2.08. The minimum atomic E-state index is -4.13. The fraction of sp³-hybridized carbons (Fsp3) is 0.727. The highest BCUT2D eigenvalue weighted by molar-refractivity contribution is 7.84. The van der Waals surface area contributed by atoms with Crippen molar-refractivity contribution in [3.63, 3.8) is 0 Å². The monoisotopic (exact) mass is 399 g/mol. The molecule has 27 heavy (non-hydrogen) atoms. The first-order chi connectivity index (χ1) is 12.6. The minimum Gasteiger partial charge on any atom is -0.748 e. The third kappa shape index (κ3) is 21.2. The van der Waals surface area contributed by atoms with E-state index in [1.54, 1.807) is 30.3 Å². The Morgan fingerprint density at radius 1 is 0.815 bits per heavy atom. The van der Waals surface area contributed by atoms with E-state index in [-0.39, 0.29) is 0 Å². The third-order valence-corrected chi connectivity index (χ3v) is 5.05. The van der Waals surface area contributed by atoms with Gasteiger partial charge in [0.25, 0.3) is 0 Å². The van der Waals surface area contributed by atoms with Crippen LogP contribution >= 0.6 is 0 Å². The summed E-state index contributed by atoms with van der Waals surface area (Å²) in [6, 6.07) is 8.37. The van der Waals surface area contributed by atoms with Crippen LogP contribution in [-0.2, 0) is 15.9 Å². The SMILES string of the molecule is CC(C)(C)CCCCCCCCCCC[NH3+].O=S(=O)([O-])Cc1ccccc1. The van der Waals surface area contributed by atoms with E-state index in [0.717, 1.165) is 6.54 Å². The maximum Gasteiger partial charge on any atom is 0.0988 e. The van der Waals surface area contributed by atoms with Crippen LogP contribution in [0.4, 0.5) is 0 Å². The van der Waals surface area contributed by atoms with Crippen LogP contribution in [0, 0.1) is 5.41 Å². The lowest BCUT2D eigenvalue weighted by Crippen LogP contribution is -2.50. The summed E-state index contributed by atoms with van der Waals surface area (Å²) in [5.74, 6) is -0.423. The van der Waals surface area contributed by atoms with Crippen molar-refractivity contribution in [2.75, 3.05) is 6.54 Å². The van der Waals surface area contributed by atoms with Gasteiger partial charge in [-0.1, -0.05) is 96.0 Å². The van der Waals surface area contributed by atoms with Gasteiger partial charge in [-0.05, 0) is 30.2 Å². The molecule has 0 radical (unpaired) electrons. The molecule has 0 atom stereocenters. The topological polar surface area (TPSA) is 84.8 Å². The fourth-order valence-electron chi connectivity index (χ4n) is 2.85. The van der Waals surface area contributed by atoms with E-state index in [2.05, 4.69) is 26.5 Å². The number of quaternary nitrogens is 1. The summed E-state index contributed by atoms with van der Waals surface area (Å²) >= 11 is 0. The molecule has 1 aromatic carbocycles. The van der Waals surface area contributed by atoms with Gasteiger partial charge in [0.2, 0.25) is 0 Å². The first-order valence-electron chi connectivity index (χ1n) is 10.4. The van der Waals surface area contributed by atoms with Gasteiger partial charge in [0.15, 0.2) is 0 Å². The minimum absolute atomic E-state index is 0.423. The van der Waals surface area contributed by atoms with E-state index in [1.165, 1.54) is 64.2 Å². The number of rotatable bonds is 12. The van der Waals surface area contributed by atoms with E-state index in [9.17, 15) is 13.0 Å². The quantitative estimate of drug-likeness (QED) is 0.400. The Hall–Kier alpha value is -0.910. The summed E-state index contributed by atoms with van der Waals surface area (Å²) in [4.78, 5) is 0. The highest BCUT2D eigenvalue weighted by atomic mass is 32.2. The van der Waals surface area contributed by atoms with Crippen molar-refractivity contribution >= 4 is 10.1 Å². The number of hydrogen-bond donors (Lipinski definition) is 1. The number of hydrogen-bond acceptors (Lipinski definition) is 3. The molecule has 4 nitrogen and oxygen atoms in total. The van der Waals surface area contributed by atoms with Crippen LogP contribution in [0.25, 0.3) is 0 Å². The first-order valence-corrected chi connectivity index (χ1v) is 12.0. The molecule has 0 aromatic heterocycles. The van der Waals surface area contributed by atoms with Gasteiger partial charge in [0, 0.05) is 0 Å². The molecule has 3 N–H and O–H groups in total. The van der Waals surface area contributed by atoms with Crippen molar-refractivity contribution in [1.82, 2.24) is 0 Å². The van der Waals surface area contributed by atoms with Crippen molar-refractivity contribution in [3.8, 4) is 0 Å². The summed E-state index contributed by atoms with van der Waals surface area (Å²) in [5.41, 5.74) is 4.94. The maximum atomic E-state index is 10.2. The highest BCUT2D eigenvalue weighted by Crippen LogP contribution is 2.22. The molecule has 0 aliphatic carbocycles. The Kier molecular flexibility index (Phi) is 14.6. The number of unbranched alkanes of at least 4 members (excludes halogenated alkanes) is 8. The second kappa shape index (κ2) is 15.1. The largest absolute Gasteiger partial charge is 0.748 e. The Balaban J connectivity index is 0.000000533. The van der Waals surface area contributed by atoms with Gasteiger partial charge in [-0.15, -0.1) is 0 Å². The molecule has 0 bridgehead atoms. The van der Waals surface area contributed by atoms with Crippen molar-refractivity contribution in [3.05, 3.63) is 35.9 Å². The predicted molar refractivity (Wildman–Crippen MR) is 113 cm³/mol. The summed E-state index contributed by atoms with van der Waals surface area (Å²) in [6.45, 7) is 8.15. The third-order valence-electron chi connectivity index (χ3n) is 4.36. The van der Waals surface area contributed by atoms with E-state index >= 15 is 0 Å². The molecule has 0 amide bonds. The van der Waals surface area contributed by atoms with Crippen LogP contribution in [0.2, 0.25) is 0 Å². The van der Waals surface area contributed by atoms with Crippen LogP contribution in [0.5, 0.6) is 0 Å². The van der Waals surface area contributed by atoms with Crippen molar-refractivity contribution in [1.29, 1.82) is 0 Å². The second-order valence-electron chi connectivity index (χ2n) is 8.53. The van der Waals surface area contributed by atoms with Gasteiger partial charge in [-0.2, -0.15) is 0 Å². The van der Waals surface area contributed by atoms with Gasteiger partial charge in [0.1, 0.15) is 0 Å². The Bertz CT molecular complexity index is 551. The van der Waals surface area contributed by atoms with Crippen molar-refractivity contribution in [2.24, 2.45) is 5.41 Å².